The lowest BCUT2D eigenvalue weighted by Crippen LogP contribution is -2.15. The van der Waals surface area contributed by atoms with Crippen molar-refractivity contribution < 1.29 is 4.79 Å². The molecule has 0 aliphatic carbocycles. The number of aromatic nitrogens is 2. The molecule has 0 saturated heterocycles. The molecule has 0 fully saturated rings. The normalized spacial score (nSPS) is 10.4. The Labute approximate surface area is 79.8 Å². The molecule has 0 spiro atoms. The monoisotopic (exact) mass is 188 g/mol. The van der Waals surface area contributed by atoms with Gasteiger partial charge in [-0.05, 0) is 12.1 Å². The Morgan fingerprint density at radius 3 is 2.79 bits per heavy atom. The summed E-state index contributed by atoms with van der Waals surface area (Å²) in [6.07, 6.45) is 1.26. The number of benzene rings is 1. The maximum absolute atomic E-state index is 11.3. The molecule has 0 radical (unpaired) electrons. The van der Waals surface area contributed by atoms with Gasteiger partial charge in [-0.15, -0.1) is 0 Å². The summed E-state index contributed by atoms with van der Waals surface area (Å²) in [6.45, 7) is 1.43. The van der Waals surface area contributed by atoms with E-state index in [9.17, 15) is 9.59 Å². The van der Waals surface area contributed by atoms with E-state index in [0.29, 0.717) is 10.9 Å². The maximum Gasteiger partial charge on any atom is 0.280 e. The third-order valence-corrected chi connectivity index (χ3v) is 2.02. The average molecular weight is 188 g/mol. The molecule has 2 aromatic rings. The molecule has 1 aromatic heterocycles. The van der Waals surface area contributed by atoms with Crippen LogP contribution in [0.5, 0.6) is 0 Å². The van der Waals surface area contributed by atoms with E-state index >= 15 is 0 Å². The predicted octanol–water partition coefficient (Wildman–Crippen LogP) is 1.06. The topological polar surface area (TPSA) is 52.0 Å². The highest BCUT2D eigenvalue weighted by Crippen LogP contribution is 2.07. The van der Waals surface area contributed by atoms with Crippen molar-refractivity contribution in [2.45, 2.75) is 6.92 Å². The van der Waals surface area contributed by atoms with E-state index in [1.807, 2.05) is 0 Å². The van der Waals surface area contributed by atoms with Crippen molar-refractivity contribution in [3.8, 4) is 0 Å². The van der Waals surface area contributed by atoms with Gasteiger partial charge in [-0.25, -0.2) is 0 Å². The third kappa shape index (κ3) is 1.21. The van der Waals surface area contributed by atoms with Crippen molar-refractivity contribution in [2.24, 2.45) is 0 Å². The van der Waals surface area contributed by atoms with Crippen LogP contribution in [0.1, 0.15) is 11.7 Å². The first-order valence-corrected chi connectivity index (χ1v) is 4.17. The number of fused-ring (bicyclic) bond motifs is 1. The fourth-order valence-corrected chi connectivity index (χ4v) is 1.36. The highest BCUT2D eigenvalue weighted by atomic mass is 16.2. The van der Waals surface area contributed by atoms with Gasteiger partial charge >= 0.3 is 0 Å². The van der Waals surface area contributed by atoms with Gasteiger partial charge in [0.2, 0.25) is 5.91 Å². The molecule has 0 aliphatic rings. The standard InChI is InChI=1S/C10H8N2O2/c1-7(13)12-6-11-10(14)8-4-2-3-5-9(8)12/h2-6H,1H3. The van der Waals surface area contributed by atoms with Crippen molar-refractivity contribution in [1.82, 2.24) is 9.55 Å². The van der Waals surface area contributed by atoms with Gasteiger partial charge < -0.3 is 0 Å². The zero-order valence-electron chi connectivity index (χ0n) is 7.60. The van der Waals surface area contributed by atoms with Crippen LogP contribution in [-0.2, 0) is 0 Å². The quantitative estimate of drug-likeness (QED) is 0.621. The van der Waals surface area contributed by atoms with Crippen LogP contribution in [0.25, 0.3) is 10.9 Å². The van der Waals surface area contributed by atoms with Crippen molar-refractivity contribution in [3.05, 3.63) is 40.9 Å². The zero-order chi connectivity index (χ0) is 10.1. The first-order chi connectivity index (χ1) is 6.70. The van der Waals surface area contributed by atoms with Gasteiger partial charge in [-0.1, -0.05) is 12.1 Å². The first kappa shape index (κ1) is 8.62. The molecule has 0 saturated carbocycles. The summed E-state index contributed by atoms with van der Waals surface area (Å²) in [7, 11) is 0. The van der Waals surface area contributed by atoms with Gasteiger partial charge in [-0.2, -0.15) is 4.98 Å². The lowest BCUT2D eigenvalue weighted by Gasteiger charge is -2.04. The van der Waals surface area contributed by atoms with Crippen molar-refractivity contribution in [3.63, 3.8) is 0 Å². The number of hydrogen-bond donors (Lipinski definition) is 0. The highest BCUT2D eigenvalue weighted by Gasteiger charge is 2.04. The summed E-state index contributed by atoms with van der Waals surface area (Å²) < 4.78 is 1.36. The maximum atomic E-state index is 11.3. The van der Waals surface area contributed by atoms with Gasteiger partial charge in [0.25, 0.3) is 5.56 Å². The molecule has 4 heteroatoms. The first-order valence-electron chi connectivity index (χ1n) is 4.17. The van der Waals surface area contributed by atoms with Crippen LogP contribution in [0.2, 0.25) is 0 Å². The van der Waals surface area contributed by atoms with Crippen LogP contribution in [0.15, 0.2) is 35.4 Å². The van der Waals surface area contributed by atoms with Crippen LogP contribution in [0, 0.1) is 0 Å². The SMILES string of the molecule is CC(=O)n1cnc(=O)c2ccccc21. The van der Waals surface area contributed by atoms with E-state index in [1.54, 1.807) is 24.3 Å². The largest absolute Gasteiger partial charge is 0.280 e. The molecule has 1 heterocycles. The summed E-state index contributed by atoms with van der Waals surface area (Å²) in [5.74, 6) is -0.159. The molecule has 70 valence electrons. The fraction of sp³-hybridized carbons (Fsp3) is 0.100. The molecule has 0 aliphatic heterocycles. The molecule has 2 rings (SSSR count). The van der Waals surface area contributed by atoms with Crippen LogP contribution in [-0.4, -0.2) is 15.5 Å². The van der Waals surface area contributed by atoms with E-state index in [1.165, 1.54) is 17.8 Å². The smallest absolute Gasteiger partial charge is 0.274 e. The zero-order valence-corrected chi connectivity index (χ0v) is 7.60. The van der Waals surface area contributed by atoms with E-state index in [2.05, 4.69) is 4.98 Å². The molecular formula is C10H8N2O2. The Morgan fingerprint density at radius 1 is 1.36 bits per heavy atom. The summed E-state index contributed by atoms with van der Waals surface area (Å²) in [6, 6.07) is 6.90. The van der Waals surface area contributed by atoms with E-state index in [4.69, 9.17) is 0 Å². The molecule has 4 nitrogen and oxygen atoms in total. The second-order valence-electron chi connectivity index (χ2n) is 2.96. The lowest BCUT2D eigenvalue weighted by atomic mass is 10.2. The number of para-hydroxylation sites is 1. The predicted molar refractivity (Wildman–Crippen MR) is 52.3 cm³/mol. The van der Waals surface area contributed by atoms with E-state index in [-0.39, 0.29) is 11.5 Å². The van der Waals surface area contributed by atoms with Gasteiger partial charge in [-0.3, -0.25) is 14.2 Å². The van der Waals surface area contributed by atoms with E-state index < -0.39 is 0 Å². The number of carbonyl (C=O) groups excluding carboxylic acids is 1. The van der Waals surface area contributed by atoms with Gasteiger partial charge in [0, 0.05) is 6.92 Å². The summed E-state index contributed by atoms with van der Waals surface area (Å²) in [5.41, 5.74) is 0.290. The lowest BCUT2D eigenvalue weighted by molar-refractivity contribution is 0.0940. The van der Waals surface area contributed by atoms with Crippen LogP contribution in [0.3, 0.4) is 0 Å². The Bertz CT molecular complexity index is 557. The minimum absolute atomic E-state index is 0.159. The number of hydrogen-bond acceptors (Lipinski definition) is 3. The van der Waals surface area contributed by atoms with Crippen molar-refractivity contribution in [2.75, 3.05) is 0 Å². The number of nitrogens with zero attached hydrogens (tertiary/aromatic N) is 2. The number of rotatable bonds is 0. The second-order valence-corrected chi connectivity index (χ2v) is 2.96. The molecule has 0 atom stereocenters. The Kier molecular flexibility index (Phi) is 1.89. The van der Waals surface area contributed by atoms with E-state index in [0.717, 1.165) is 0 Å². The summed E-state index contributed by atoms with van der Waals surface area (Å²) in [4.78, 5) is 26.1. The molecule has 0 N–H and O–H groups in total. The van der Waals surface area contributed by atoms with Crippen molar-refractivity contribution >= 4 is 16.8 Å². The van der Waals surface area contributed by atoms with Gasteiger partial charge in [0.1, 0.15) is 6.33 Å². The fourth-order valence-electron chi connectivity index (χ4n) is 1.36. The van der Waals surface area contributed by atoms with Crippen LogP contribution in [0.4, 0.5) is 0 Å². The third-order valence-electron chi connectivity index (χ3n) is 2.02. The Morgan fingerprint density at radius 2 is 2.07 bits per heavy atom. The minimum atomic E-state index is -0.307. The molecule has 0 bridgehead atoms. The summed E-state index contributed by atoms with van der Waals surface area (Å²) >= 11 is 0. The molecule has 0 unspecified atom stereocenters. The van der Waals surface area contributed by atoms with Gasteiger partial charge in [0.05, 0.1) is 10.9 Å². The summed E-state index contributed by atoms with van der Waals surface area (Å²) in [5, 5.41) is 0.463. The van der Waals surface area contributed by atoms with Gasteiger partial charge in [0.15, 0.2) is 0 Å². The van der Waals surface area contributed by atoms with Crippen LogP contribution < -0.4 is 5.56 Å². The molecule has 0 amide bonds. The van der Waals surface area contributed by atoms with Crippen LogP contribution >= 0.6 is 0 Å². The number of carbonyl (C=O) groups is 1. The molecule has 1 aromatic carbocycles. The molecule has 14 heavy (non-hydrogen) atoms. The highest BCUT2D eigenvalue weighted by molar-refractivity contribution is 5.89. The Hall–Kier alpha value is -1.97. The molecular weight excluding hydrogens is 180 g/mol. The van der Waals surface area contributed by atoms with Crippen molar-refractivity contribution in [1.29, 1.82) is 0 Å². The minimum Gasteiger partial charge on any atom is -0.274 e. The Balaban J connectivity index is 2.96. The second kappa shape index (κ2) is 3.06. The average Bonchev–Trinajstić information content (AvgIpc) is 2.18.